The van der Waals surface area contributed by atoms with Gasteiger partial charge in [0.25, 0.3) is 5.92 Å². The Labute approximate surface area is 101 Å². The first-order chi connectivity index (χ1) is 7.46. The molecule has 0 bridgehead atoms. The van der Waals surface area contributed by atoms with Gasteiger partial charge in [-0.25, -0.2) is 8.78 Å². The molecule has 2 rings (SSSR count). The van der Waals surface area contributed by atoms with Crippen LogP contribution in [0.5, 0.6) is 0 Å². The van der Waals surface area contributed by atoms with Crippen LogP contribution in [0.4, 0.5) is 14.7 Å². The second-order valence-electron chi connectivity index (χ2n) is 3.52. The van der Waals surface area contributed by atoms with Crippen molar-refractivity contribution in [3.63, 3.8) is 0 Å². The van der Waals surface area contributed by atoms with E-state index in [-0.39, 0.29) is 42.4 Å². The van der Waals surface area contributed by atoms with Crippen LogP contribution in [0, 0.1) is 0 Å². The number of hydrogen-bond donors (Lipinski definition) is 0. The lowest BCUT2D eigenvalue weighted by atomic mass is 10.1. The quantitative estimate of drug-likeness (QED) is 0.785. The lowest BCUT2D eigenvalue weighted by molar-refractivity contribution is -0.0222. The second-order valence-corrected chi connectivity index (χ2v) is 4.19. The summed E-state index contributed by atoms with van der Waals surface area (Å²) >= 11 is 11.2. The summed E-state index contributed by atoms with van der Waals surface area (Å²) in [6.07, 6.45) is -0.429. The van der Waals surface area contributed by atoms with Crippen LogP contribution in [0.3, 0.4) is 0 Å². The third-order valence-electron chi connectivity index (χ3n) is 2.35. The van der Waals surface area contributed by atoms with Crippen molar-refractivity contribution in [3.05, 3.63) is 10.6 Å². The highest BCUT2D eigenvalue weighted by Gasteiger charge is 2.34. The van der Waals surface area contributed by atoms with E-state index in [4.69, 9.17) is 23.2 Å². The zero-order valence-electron chi connectivity index (χ0n) is 8.13. The lowest BCUT2D eigenvalue weighted by Crippen LogP contribution is -2.40. The first kappa shape index (κ1) is 11.7. The van der Waals surface area contributed by atoms with Crippen molar-refractivity contribution >= 4 is 29.2 Å². The van der Waals surface area contributed by atoms with Gasteiger partial charge in [-0.05, 0) is 23.2 Å². The molecule has 88 valence electrons. The topological polar surface area (TPSA) is 41.9 Å². The highest BCUT2D eigenvalue weighted by atomic mass is 35.5. The van der Waals surface area contributed by atoms with Gasteiger partial charge in [0, 0.05) is 25.9 Å². The molecule has 1 aliphatic heterocycles. The minimum Gasteiger partial charge on any atom is -0.340 e. The fourth-order valence-corrected chi connectivity index (χ4v) is 1.85. The van der Waals surface area contributed by atoms with Gasteiger partial charge in [-0.3, -0.25) is 0 Å². The van der Waals surface area contributed by atoms with E-state index in [1.165, 1.54) is 0 Å². The van der Waals surface area contributed by atoms with Crippen molar-refractivity contribution < 1.29 is 8.78 Å². The molecular formula is C8H8Cl2F2N4. The van der Waals surface area contributed by atoms with E-state index in [2.05, 4.69) is 15.0 Å². The lowest BCUT2D eigenvalue weighted by Gasteiger charge is -2.31. The second kappa shape index (κ2) is 4.25. The standard InChI is InChI=1S/C8H8Cl2F2N4/c9-5-13-6(10)15-7(14-5)16-3-1-8(11,12)2-4-16/h1-4H2. The fraction of sp³-hybridized carbons (Fsp3) is 0.625. The number of alkyl halides is 2. The first-order valence-corrected chi connectivity index (χ1v) is 5.42. The van der Waals surface area contributed by atoms with Crippen molar-refractivity contribution in [2.24, 2.45) is 0 Å². The zero-order valence-corrected chi connectivity index (χ0v) is 9.64. The smallest absolute Gasteiger partial charge is 0.251 e. The Balaban J connectivity index is 2.14. The van der Waals surface area contributed by atoms with Crippen molar-refractivity contribution in [2.75, 3.05) is 18.0 Å². The molecule has 2 heterocycles. The van der Waals surface area contributed by atoms with Gasteiger partial charge in [0.05, 0.1) is 0 Å². The number of halogens is 4. The van der Waals surface area contributed by atoms with E-state index in [0.717, 1.165) is 0 Å². The predicted octanol–water partition coefficient (Wildman–Crippen LogP) is 2.41. The van der Waals surface area contributed by atoms with E-state index in [1.54, 1.807) is 4.90 Å². The van der Waals surface area contributed by atoms with Crippen molar-refractivity contribution in [1.29, 1.82) is 0 Å². The van der Waals surface area contributed by atoms with Gasteiger partial charge in [-0.15, -0.1) is 0 Å². The fourth-order valence-electron chi connectivity index (χ4n) is 1.49. The zero-order chi connectivity index (χ0) is 11.8. The molecule has 0 unspecified atom stereocenters. The van der Waals surface area contributed by atoms with Gasteiger partial charge < -0.3 is 4.90 Å². The highest BCUT2D eigenvalue weighted by Crippen LogP contribution is 2.29. The summed E-state index contributed by atoms with van der Waals surface area (Å²) in [5.74, 6) is -2.35. The SMILES string of the molecule is FC1(F)CCN(c2nc(Cl)nc(Cl)n2)CC1. The van der Waals surface area contributed by atoms with E-state index in [0.29, 0.717) is 0 Å². The van der Waals surface area contributed by atoms with Crippen molar-refractivity contribution in [3.8, 4) is 0 Å². The maximum atomic E-state index is 12.9. The third-order valence-corrected chi connectivity index (χ3v) is 2.68. The Hall–Kier alpha value is -0.750. The van der Waals surface area contributed by atoms with Crippen LogP contribution in [0.1, 0.15) is 12.8 Å². The minimum atomic E-state index is -2.60. The molecule has 16 heavy (non-hydrogen) atoms. The van der Waals surface area contributed by atoms with Crippen LogP contribution in [0.25, 0.3) is 0 Å². The van der Waals surface area contributed by atoms with E-state index >= 15 is 0 Å². The molecule has 1 aromatic rings. The van der Waals surface area contributed by atoms with Crippen LogP contribution in [-0.2, 0) is 0 Å². The molecule has 0 saturated carbocycles. The molecule has 0 radical (unpaired) electrons. The Morgan fingerprint density at radius 3 is 2.00 bits per heavy atom. The molecule has 0 aromatic carbocycles. The molecular weight excluding hydrogens is 261 g/mol. The van der Waals surface area contributed by atoms with Crippen LogP contribution in [-0.4, -0.2) is 34.0 Å². The molecule has 1 aliphatic rings. The maximum absolute atomic E-state index is 12.9. The van der Waals surface area contributed by atoms with Crippen molar-refractivity contribution in [2.45, 2.75) is 18.8 Å². The third kappa shape index (κ3) is 2.68. The summed E-state index contributed by atoms with van der Waals surface area (Å²) in [6.45, 7) is 0.368. The van der Waals surface area contributed by atoms with Crippen LogP contribution in [0.15, 0.2) is 0 Å². The summed E-state index contributed by atoms with van der Waals surface area (Å²) < 4.78 is 25.8. The molecule has 8 heteroatoms. The monoisotopic (exact) mass is 268 g/mol. The van der Waals surface area contributed by atoms with Gasteiger partial charge in [0.2, 0.25) is 16.5 Å². The number of hydrogen-bond acceptors (Lipinski definition) is 4. The van der Waals surface area contributed by atoms with E-state index in [9.17, 15) is 8.78 Å². The molecule has 0 N–H and O–H groups in total. The Morgan fingerprint density at radius 1 is 1.00 bits per heavy atom. The average molecular weight is 269 g/mol. The number of anilines is 1. The van der Waals surface area contributed by atoms with Crippen molar-refractivity contribution in [1.82, 2.24) is 15.0 Å². The van der Waals surface area contributed by atoms with Gasteiger partial charge in [0.1, 0.15) is 0 Å². The molecule has 1 saturated heterocycles. The average Bonchev–Trinajstić information content (AvgIpc) is 2.15. The number of aromatic nitrogens is 3. The first-order valence-electron chi connectivity index (χ1n) is 4.66. The van der Waals surface area contributed by atoms with Crippen LogP contribution < -0.4 is 4.90 Å². The molecule has 4 nitrogen and oxygen atoms in total. The van der Waals surface area contributed by atoms with Gasteiger partial charge in [-0.1, -0.05) is 0 Å². The number of piperidine rings is 1. The Bertz CT molecular complexity index is 371. The van der Waals surface area contributed by atoms with Gasteiger partial charge in [0.15, 0.2) is 0 Å². The molecule has 0 spiro atoms. The summed E-state index contributed by atoms with van der Waals surface area (Å²) in [6, 6.07) is 0. The summed E-state index contributed by atoms with van der Waals surface area (Å²) in [5, 5.41) is -0.0698. The van der Waals surface area contributed by atoms with Gasteiger partial charge >= 0.3 is 0 Å². The van der Waals surface area contributed by atoms with Crippen LogP contribution in [0.2, 0.25) is 10.6 Å². The summed E-state index contributed by atoms with van der Waals surface area (Å²) in [7, 11) is 0. The molecule has 1 fully saturated rings. The minimum absolute atomic E-state index is 0.0349. The molecule has 0 atom stereocenters. The van der Waals surface area contributed by atoms with Crippen LogP contribution >= 0.6 is 23.2 Å². The van der Waals surface area contributed by atoms with E-state index < -0.39 is 5.92 Å². The number of nitrogens with zero attached hydrogens (tertiary/aromatic N) is 4. The number of rotatable bonds is 1. The highest BCUT2D eigenvalue weighted by molar-refractivity contribution is 6.31. The molecule has 1 aromatic heterocycles. The summed E-state index contributed by atoms with van der Waals surface area (Å²) in [4.78, 5) is 12.9. The van der Waals surface area contributed by atoms with Gasteiger partial charge in [-0.2, -0.15) is 15.0 Å². The summed E-state index contributed by atoms with van der Waals surface area (Å²) in [5.41, 5.74) is 0. The normalized spacial score (nSPS) is 19.9. The maximum Gasteiger partial charge on any atom is 0.251 e. The Morgan fingerprint density at radius 2 is 1.50 bits per heavy atom. The Kier molecular flexibility index (Phi) is 3.12. The largest absolute Gasteiger partial charge is 0.340 e. The predicted molar refractivity (Wildman–Crippen MR) is 56.2 cm³/mol. The van der Waals surface area contributed by atoms with E-state index in [1.807, 2.05) is 0 Å². The molecule has 0 aliphatic carbocycles. The molecule has 0 amide bonds.